The molecule has 2 amide bonds. The molecule has 0 aromatic heterocycles. The van der Waals surface area contributed by atoms with E-state index in [1.807, 2.05) is 6.20 Å². The van der Waals surface area contributed by atoms with Crippen LogP contribution in [0, 0.1) is 0 Å². The van der Waals surface area contributed by atoms with Gasteiger partial charge in [-0.2, -0.15) is 0 Å². The Labute approximate surface area is 64.2 Å². The standard InChI is InChI=1S/C6H10N4O/c7-6(11)10-2-4-1-8-9-5(4)3-10/h1,5,8-9H,2-3H2,(H2,7,11). The molecule has 2 heterocycles. The van der Waals surface area contributed by atoms with E-state index >= 15 is 0 Å². The Morgan fingerprint density at radius 2 is 2.64 bits per heavy atom. The topological polar surface area (TPSA) is 70.4 Å². The zero-order valence-corrected chi connectivity index (χ0v) is 6.00. The Kier molecular flexibility index (Phi) is 1.25. The van der Waals surface area contributed by atoms with E-state index in [9.17, 15) is 4.79 Å². The zero-order valence-electron chi connectivity index (χ0n) is 6.00. The van der Waals surface area contributed by atoms with Crippen LogP contribution in [0.5, 0.6) is 0 Å². The highest BCUT2D eigenvalue weighted by molar-refractivity contribution is 5.73. The van der Waals surface area contributed by atoms with Gasteiger partial charge in [-0.1, -0.05) is 0 Å². The number of amides is 2. The first-order valence-electron chi connectivity index (χ1n) is 3.52. The average molecular weight is 154 g/mol. The van der Waals surface area contributed by atoms with E-state index in [2.05, 4.69) is 10.9 Å². The Morgan fingerprint density at radius 3 is 3.27 bits per heavy atom. The first kappa shape index (κ1) is 6.48. The summed E-state index contributed by atoms with van der Waals surface area (Å²) in [6, 6.07) is -0.0791. The number of urea groups is 1. The van der Waals surface area contributed by atoms with Crippen molar-refractivity contribution in [2.24, 2.45) is 5.73 Å². The van der Waals surface area contributed by atoms with Gasteiger partial charge < -0.3 is 16.1 Å². The summed E-state index contributed by atoms with van der Waals surface area (Å²) in [6.07, 6.45) is 1.88. The molecule has 11 heavy (non-hydrogen) atoms. The van der Waals surface area contributed by atoms with Crippen LogP contribution in [0.1, 0.15) is 0 Å². The van der Waals surface area contributed by atoms with Crippen molar-refractivity contribution in [2.75, 3.05) is 13.1 Å². The molecule has 60 valence electrons. The van der Waals surface area contributed by atoms with Crippen molar-refractivity contribution in [3.8, 4) is 0 Å². The molecule has 1 saturated heterocycles. The number of carbonyl (C=O) groups is 1. The molecule has 5 heteroatoms. The summed E-state index contributed by atoms with van der Waals surface area (Å²) in [5.41, 5.74) is 12.2. The Morgan fingerprint density at radius 1 is 1.82 bits per heavy atom. The number of likely N-dealkylation sites (tertiary alicyclic amines) is 1. The molecule has 2 aliphatic rings. The highest BCUT2D eigenvalue weighted by Crippen LogP contribution is 2.16. The van der Waals surface area contributed by atoms with Crippen LogP contribution in [0.25, 0.3) is 0 Å². The number of hydrazine groups is 1. The van der Waals surface area contributed by atoms with Gasteiger partial charge in [0.15, 0.2) is 0 Å². The van der Waals surface area contributed by atoms with Crippen molar-refractivity contribution >= 4 is 6.03 Å². The molecular weight excluding hydrogens is 144 g/mol. The lowest BCUT2D eigenvalue weighted by Gasteiger charge is -2.12. The Bertz CT molecular complexity index is 225. The average Bonchev–Trinajstić information content (AvgIpc) is 2.40. The summed E-state index contributed by atoms with van der Waals surface area (Å²) in [5.74, 6) is 0. The summed E-state index contributed by atoms with van der Waals surface area (Å²) >= 11 is 0. The molecule has 0 bridgehead atoms. The number of primary amides is 1. The number of nitrogens with two attached hydrogens (primary N) is 1. The molecule has 0 spiro atoms. The molecule has 1 atom stereocenters. The molecule has 0 radical (unpaired) electrons. The third kappa shape index (κ3) is 0.932. The summed E-state index contributed by atoms with van der Waals surface area (Å²) in [7, 11) is 0. The molecule has 0 aromatic rings. The van der Waals surface area contributed by atoms with E-state index in [0.29, 0.717) is 13.1 Å². The molecule has 0 aromatic carbocycles. The van der Waals surface area contributed by atoms with Crippen molar-refractivity contribution in [1.29, 1.82) is 0 Å². The molecule has 5 nitrogen and oxygen atoms in total. The van der Waals surface area contributed by atoms with Crippen LogP contribution < -0.4 is 16.6 Å². The van der Waals surface area contributed by atoms with Crippen LogP contribution in [0.3, 0.4) is 0 Å². The van der Waals surface area contributed by atoms with Crippen LogP contribution in [-0.4, -0.2) is 30.1 Å². The smallest absolute Gasteiger partial charge is 0.315 e. The molecule has 2 aliphatic heterocycles. The lowest BCUT2D eigenvalue weighted by atomic mass is 10.2. The monoisotopic (exact) mass is 154 g/mol. The third-order valence-corrected chi connectivity index (χ3v) is 2.05. The zero-order chi connectivity index (χ0) is 7.84. The number of rotatable bonds is 0. The van der Waals surface area contributed by atoms with Crippen LogP contribution in [0.2, 0.25) is 0 Å². The number of nitrogens with one attached hydrogen (secondary N) is 2. The number of fused-ring (bicyclic) bond motifs is 1. The van der Waals surface area contributed by atoms with Gasteiger partial charge in [0.2, 0.25) is 0 Å². The third-order valence-electron chi connectivity index (χ3n) is 2.05. The lowest BCUT2D eigenvalue weighted by molar-refractivity contribution is 0.217. The van der Waals surface area contributed by atoms with Gasteiger partial charge in [0.05, 0.1) is 6.04 Å². The van der Waals surface area contributed by atoms with E-state index < -0.39 is 0 Å². The van der Waals surface area contributed by atoms with Gasteiger partial charge >= 0.3 is 6.03 Å². The number of hydrogen-bond acceptors (Lipinski definition) is 3. The molecule has 1 unspecified atom stereocenters. The van der Waals surface area contributed by atoms with Gasteiger partial charge in [0, 0.05) is 19.3 Å². The van der Waals surface area contributed by atoms with E-state index in [-0.39, 0.29) is 12.1 Å². The van der Waals surface area contributed by atoms with E-state index in [4.69, 9.17) is 5.73 Å². The predicted octanol–water partition coefficient (Wildman–Crippen LogP) is -1.26. The molecule has 0 aliphatic carbocycles. The molecule has 0 saturated carbocycles. The van der Waals surface area contributed by atoms with E-state index in [0.717, 1.165) is 0 Å². The highest BCUT2D eigenvalue weighted by Gasteiger charge is 2.31. The van der Waals surface area contributed by atoms with Crippen LogP contribution in [0.15, 0.2) is 11.8 Å². The predicted molar refractivity (Wildman–Crippen MR) is 39.3 cm³/mol. The summed E-state index contributed by atoms with van der Waals surface area (Å²) in [6.45, 7) is 1.33. The largest absolute Gasteiger partial charge is 0.351 e. The first-order chi connectivity index (χ1) is 5.27. The van der Waals surface area contributed by atoms with Crippen molar-refractivity contribution in [3.63, 3.8) is 0 Å². The first-order valence-corrected chi connectivity index (χ1v) is 3.52. The second-order valence-corrected chi connectivity index (χ2v) is 2.78. The van der Waals surface area contributed by atoms with Gasteiger partial charge in [-0.3, -0.25) is 0 Å². The minimum absolute atomic E-state index is 0.266. The molecule has 1 fully saturated rings. The van der Waals surface area contributed by atoms with Crippen LogP contribution >= 0.6 is 0 Å². The van der Waals surface area contributed by atoms with Gasteiger partial charge in [0.1, 0.15) is 0 Å². The van der Waals surface area contributed by atoms with Gasteiger partial charge in [-0.25, -0.2) is 10.2 Å². The normalized spacial score (nSPS) is 27.8. The lowest BCUT2D eigenvalue weighted by Crippen LogP contribution is -2.39. The summed E-state index contributed by atoms with van der Waals surface area (Å²) < 4.78 is 0. The van der Waals surface area contributed by atoms with Crippen LogP contribution in [0.4, 0.5) is 4.79 Å². The Hall–Kier alpha value is -1.23. The fraction of sp³-hybridized carbons (Fsp3) is 0.500. The van der Waals surface area contributed by atoms with Crippen LogP contribution in [-0.2, 0) is 0 Å². The second kappa shape index (κ2) is 2.13. The maximum Gasteiger partial charge on any atom is 0.315 e. The quantitative estimate of drug-likeness (QED) is 0.408. The van der Waals surface area contributed by atoms with Gasteiger partial charge in [-0.15, -0.1) is 0 Å². The SMILES string of the molecule is NC(=O)N1CC2=CNNC2C1. The molecular formula is C6H10N4O. The van der Waals surface area contributed by atoms with Gasteiger partial charge in [0.25, 0.3) is 0 Å². The minimum atomic E-state index is -0.345. The number of carbonyl (C=O) groups excluding carboxylic acids is 1. The van der Waals surface area contributed by atoms with Crippen molar-refractivity contribution in [1.82, 2.24) is 15.8 Å². The number of hydrogen-bond donors (Lipinski definition) is 3. The van der Waals surface area contributed by atoms with Crippen molar-refractivity contribution < 1.29 is 4.79 Å². The second-order valence-electron chi connectivity index (χ2n) is 2.78. The fourth-order valence-corrected chi connectivity index (χ4v) is 1.42. The summed E-state index contributed by atoms with van der Waals surface area (Å²) in [4.78, 5) is 12.3. The van der Waals surface area contributed by atoms with E-state index in [1.54, 1.807) is 4.90 Å². The maximum absolute atomic E-state index is 10.7. The molecule has 4 N–H and O–H groups in total. The molecule has 2 rings (SSSR count). The summed E-state index contributed by atoms with van der Waals surface area (Å²) in [5, 5.41) is 0. The Balaban J connectivity index is 2.09. The fourth-order valence-electron chi connectivity index (χ4n) is 1.42. The van der Waals surface area contributed by atoms with Crippen molar-refractivity contribution in [3.05, 3.63) is 11.8 Å². The maximum atomic E-state index is 10.7. The van der Waals surface area contributed by atoms with E-state index in [1.165, 1.54) is 5.57 Å². The highest BCUT2D eigenvalue weighted by atomic mass is 16.2. The minimum Gasteiger partial charge on any atom is -0.351 e. The van der Waals surface area contributed by atoms with Crippen molar-refractivity contribution in [2.45, 2.75) is 6.04 Å². The number of nitrogens with zero attached hydrogens (tertiary/aromatic N) is 1. The van der Waals surface area contributed by atoms with Gasteiger partial charge in [-0.05, 0) is 5.57 Å².